The minimum Gasteiger partial charge on any atom is -0.268 e. The van der Waals surface area contributed by atoms with Crippen LogP contribution in [0.5, 0.6) is 0 Å². The fourth-order valence-electron chi connectivity index (χ4n) is 1.44. The van der Waals surface area contributed by atoms with Gasteiger partial charge in [-0.15, -0.1) is 0 Å². The smallest absolute Gasteiger partial charge is 0.261 e. The van der Waals surface area contributed by atoms with E-state index in [4.69, 9.17) is 10.7 Å². The summed E-state index contributed by atoms with van der Waals surface area (Å²) >= 11 is 0. The second-order valence-electron chi connectivity index (χ2n) is 3.25. The zero-order valence-electron chi connectivity index (χ0n) is 8.25. The van der Waals surface area contributed by atoms with Gasteiger partial charge in [-0.25, -0.2) is 8.42 Å². The van der Waals surface area contributed by atoms with Crippen LogP contribution in [0.15, 0.2) is 47.6 Å². The van der Waals surface area contributed by atoms with Gasteiger partial charge in [0, 0.05) is 23.1 Å². The molecule has 1 aromatic heterocycles. The summed E-state index contributed by atoms with van der Waals surface area (Å²) in [6.07, 6.45) is 3.40. The quantitative estimate of drug-likeness (QED) is 0.788. The van der Waals surface area contributed by atoms with Crippen molar-refractivity contribution in [1.82, 2.24) is 9.78 Å². The molecule has 0 aliphatic carbocycles. The van der Waals surface area contributed by atoms with Crippen molar-refractivity contribution in [3.8, 4) is 0 Å². The Morgan fingerprint density at radius 2 is 2.00 bits per heavy atom. The van der Waals surface area contributed by atoms with E-state index in [-0.39, 0.29) is 4.90 Å². The molecule has 2 aromatic rings. The number of hydrogen-bond donors (Lipinski definition) is 0. The Labute approximate surface area is 97.9 Å². The van der Waals surface area contributed by atoms with Crippen LogP contribution in [0.25, 0.3) is 0 Å². The molecular weight excluding hydrogens is 248 g/mol. The van der Waals surface area contributed by atoms with Crippen molar-refractivity contribution in [2.45, 2.75) is 11.4 Å². The standard InChI is InChI=1S/C10H9ClN2O2S/c11-16(14,15)10-5-2-1-4-9(10)8-13-7-3-6-12-13/h1-7H,8H2. The topological polar surface area (TPSA) is 52.0 Å². The minimum absolute atomic E-state index is 0.132. The normalized spacial score (nSPS) is 11.6. The minimum atomic E-state index is -3.71. The molecule has 0 spiro atoms. The second kappa shape index (κ2) is 4.27. The van der Waals surface area contributed by atoms with Crippen molar-refractivity contribution >= 4 is 19.7 Å². The summed E-state index contributed by atoms with van der Waals surface area (Å²) in [6.45, 7) is 0.384. The molecule has 0 fully saturated rings. The molecule has 0 N–H and O–H groups in total. The highest BCUT2D eigenvalue weighted by molar-refractivity contribution is 8.13. The SMILES string of the molecule is O=S(=O)(Cl)c1ccccc1Cn1cccn1. The molecule has 0 aliphatic rings. The van der Waals surface area contributed by atoms with Gasteiger partial charge in [0.2, 0.25) is 0 Å². The van der Waals surface area contributed by atoms with Crippen molar-refractivity contribution in [2.24, 2.45) is 0 Å². The van der Waals surface area contributed by atoms with E-state index in [0.29, 0.717) is 12.1 Å². The first-order valence-electron chi connectivity index (χ1n) is 4.57. The third-order valence-electron chi connectivity index (χ3n) is 2.13. The van der Waals surface area contributed by atoms with E-state index >= 15 is 0 Å². The predicted molar refractivity (Wildman–Crippen MR) is 60.8 cm³/mol. The maximum absolute atomic E-state index is 11.3. The molecule has 0 saturated carbocycles. The van der Waals surface area contributed by atoms with Gasteiger partial charge in [-0.3, -0.25) is 4.68 Å². The van der Waals surface area contributed by atoms with E-state index < -0.39 is 9.05 Å². The van der Waals surface area contributed by atoms with E-state index in [0.717, 1.165) is 0 Å². The van der Waals surface area contributed by atoms with Gasteiger partial charge in [-0.1, -0.05) is 18.2 Å². The molecule has 0 atom stereocenters. The molecule has 16 heavy (non-hydrogen) atoms. The molecular formula is C10H9ClN2O2S. The van der Waals surface area contributed by atoms with Crippen LogP contribution in [0.3, 0.4) is 0 Å². The van der Waals surface area contributed by atoms with Crippen molar-refractivity contribution in [1.29, 1.82) is 0 Å². The van der Waals surface area contributed by atoms with E-state index in [1.807, 2.05) is 0 Å². The number of hydrogen-bond acceptors (Lipinski definition) is 3. The van der Waals surface area contributed by atoms with Gasteiger partial charge in [0.05, 0.1) is 11.4 Å². The Kier molecular flexibility index (Phi) is 2.98. The number of nitrogens with zero attached hydrogens (tertiary/aromatic N) is 2. The number of rotatable bonds is 3. The van der Waals surface area contributed by atoms with Crippen molar-refractivity contribution < 1.29 is 8.42 Å². The first-order valence-corrected chi connectivity index (χ1v) is 6.88. The van der Waals surface area contributed by atoms with Gasteiger partial charge < -0.3 is 0 Å². The van der Waals surface area contributed by atoms with Crippen LogP contribution in [0.1, 0.15) is 5.56 Å². The van der Waals surface area contributed by atoms with Gasteiger partial charge in [0.25, 0.3) is 9.05 Å². The van der Waals surface area contributed by atoms with Crippen LogP contribution in [-0.4, -0.2) is 18.2 Å². The molecule has 84 valence electrons. The molecule has 0 bridgehead atoms. The summed E-state index contributed by atoms with van der Waals surface area (Å²) in [6, 6.07) is 8.39. The Morgan fingerprint density at radius 3 is 2.62 bits per heavy atom. The Bertz CT molecular complexity index is 579. The zero-order chi connectivity index (χ0) is 11.6. The lowest BCUT2D eigenvalue weighted by atomic mass is 10.2. The number of halogens is 1. The molecule has 1 aromatic carbocycles. The van der Waals surface area contributed by atoms with Gasteiger partial charge in [-0.2, -0.15) is 5.10 Å². The fourth-order valence-corrected chi connectivity index (χ4v) is 2.58. The molecule has 0 saturated heterocycles. The maximum atomic E-state index is 11.3. The van der Waals surface area contributed by atoms with Crippen LogP contribution in [0.2, 0.25) is 0 Å². The number of benzene rings is 1. The zero-order valence-corrected chi connectivity index (χ0v) is 9.82. The summed E-state index contributed by atoms with van der Waals surface area (Å²) in [5.41, 5.74) is 0.626. The first kappa shape index (κ1) is 11.2. The Morgan fingerprint density at radius 1 is 1.25 bits per heavy atom. The van der Waals surface area contributed by atoms with E-state index in [1.165, 1.54) is 6.07 Å². The van der Waals surface area contributed by atoms with Gasteiger partial charge in [-0.05, 0) is 17.7 Å². The molecule has 0 unspecified atom stereocenters. The largest absolute Gasteiger partial charge is 0.268 e. The van der Waals surface area contributed by atoms with Crippen molar-refractivity contribution in [3.63, 3.8) is 0 Å². The lowest BCUT2D eigenvalue weighted by Crippen LogP contribution is -2.04. The number of aromatic nitrogens is 2. The fraction of sp³-hybridized carbons (Fsp3) is 0.100. The average Bonchev–Trinajstić information content (AvgIpc) is 2.70. The second-order valence-corrected chi connectivity index (χ2v) is 5.78. The van der Waals surface area contributed by atoms with E-state index in [9.17, 15) is 8.42 Å². The van der Waals surface area contributed by atoms with Crippen molar-refractivity contribution in [3.05, 3.63) is 48.3 Å². The van der Waals surface area contributed by atoms with Gasteiger partial charge >= 0.3 is 0 Å². The highest BCUT2D eigenvalue weighted by Crippen LogP contribution is 2.20. The summed E-state index contributed by atoms with van der Waals surface area (Å²) in [5, 5.41) is 4.01. The maximum Gasteiger partial charge on any atom is 0.261 e. The van der Waals surface area contributed by atoms with Gasteiger partial charge in [0.15, 0.2) is 0 Å². The lowest BCUT2D eigenvalue weighted by molar-refractivity contribution is 0.606. The van der Waals surface area contributed by atoms with Crippen LogP contribution >= 0.6 is 10.7 Å². The average molecular weight is 257 g/mol. The summed E-state index contributed by atoms with van der Waals surface area (Å²) in [5.74, 6) is 0. The first-order chi connectivity index (χ1) is 7.57. The van der Waals surface area contributed by atoms with E-state index in [2.05, 4.69) is 5.10 Å². The van der Waals surface area contributed by atoms with Crippen LogP contribution in [0.4, 0.5) is 0 Å². The summed E-state index contributed by atoms with van der Waals surface area (Å²) < 4.78 is 24.3. The Balaban J connectivity index is 2.42. The van der Waals surface area contributed by atoms with Crippen molar-refractivity contribution in [2.75, 3.05) is 0 Å². The Hall–Kier alpha value is -1.33. The molecule has 2 rings (SSSR count). The lowest BCUT2D eigenvalue weighted by Gasteiger charge is -2.06. The van der Waals surface area contributed by atoms with E-state index in [1.54, 1.807) is 41.3 Å². The van der Waals surface area contributed by atoms with Crippen LogP contribution in [-0.2, 0) is 15.6 Å². The molecule has 0 aliphatic heterocycles. The molecule has 0 radical (unpaired) electrons. The molecule has 0 amide bonds. The monoisotopic (exact) mass is 256 g/mol. The highest BCUT2D eigenvalue weighted by atomic mass is 35.7. The van der Waals surface area contributed by atoms with Crippen LogP contribution in [0, 0.1) is 0 Å². The highest BCUT2D eigenvalue weighted by Gasteiger charge is 2.14. The van der Waals surface area contributed by atoms with Gasteiger partial charge in [0.1, 0.15) is 0 Å². The third kappa shape index (κ3) is 2.43. The third-order valence-corrected chi connectivity index (χ3v) is 3.55. The predicted octanol–water partition coefficient (Wildman–Crippen LogP) is 1.86. The summed E-state index contributed by atoms with van der Waals surface area (Å²) in [4.78, 5) is 0.132. The van der Waals surface area contributed by atoms with Crippen LogP contribution < -0.4 is 0 Å². The molecule has 4 nitrogen and oxygen atoms in total. The summed E-state index contributed by atoms with van der Waals surface area (Å²) in [7, 11) is 1.64. The molecule has 1 heterocycles. The molecule has 6 heteroatoms.